The van der Waals surface area contributed by atoms with Gasteiger partial charge in [0.05, 0.1) is 23.8 Å². The zero-order valence-corrected chi connectivity index (χ0v) is 18.2. The summed E-state index contributed by atoms with van der Waals surface area (Å²) in [4.78, 5) is 12.7. The number of carbonyl (C=O) groups is 1. The van der Waals surface area contributed by atoms with Crippen LogP contribution in [0.15, 0.2) is 23.1 Å². The Bertz CT molecular complexity index is 1010. The molecular weight excluding hydrogens is 392 g/mol. The Morgan fingerprint density at radius 1 is 1.21 bits per heavy atom. The van der Waals surface area contributed by atoms with Gasteiger partial charge in [-0.2, -0.15) is 9.40 Å². The van der Waals surface area contributed by atoms with Gasteiger partial charge in [-0.05, 0) is 50.5 Å². The zero-order valence-electron chi connectivity index (χ0n) is 17.4. The van der Waals surface area contributed by atoms with E-state index < -0.39 is 10.0 Å². The van der Waals surface area contributed by atoms with Crippen LogP contribution < -0.4 is 5.32 Å². The number of morpholine rings is 1. The van der Waals surface area contributed by atoms with E-state index in [1.54, 1.807) is 25.1 Å². The molecule has 1 aromatic heterocycles. The van der Waals surface area contributed by atoms with Gasteiger partial charge in [0, 0.05) is 37.9 Å². The van der Waals surface area contributed by atoms with Crippen molar-refractivity contribution in [1.82, 2.24) is 14.1 Å². The average molecular weight is 421 g/mol. The van der Waals surface area contributed by atoms with E-state index in [-0.39, 0.29) is 10.8 Å². The quantitative estimate of drug-likeness (QED) is 0.771. The van der Waals surface area contributed by atoms with Gasteiger partial charge >= 0.3 is 0 Å². The molecule has 2 heterocycles. The van der Waals surface area contributed by atoms with Gasteiger partial charge in [-0.1, -0.05) is 6.07 Å². The monoisotopic (exact) mass is 420 g/mol. The first-order valence-electron chi connectivity index (χ1n) is 9.67. The zero-order chi connectivity index (χ0) is 21.2. The first-order valence-corrected chi connectivity index (χ1v) is 11.1. The van der Waals surface area contributed by atoms with Crippen molar-refractivity contribution in [3.8, 4) is 0 Å². The summed E-state index contributed by atoms with van der Waals surface area (Å²) in [6.07, 6.45) is 0.884. The summed E-state index contributed by atoms with van der Waals surface area (Å²) in [6, 6.07) is 4.99. The van der Waals surface area contributed by atoms with Crippen molar-refractivity contribution in [1.29, 1.82) is 0 Å². The highest BCUT2D eigenvalue weighted by atomic mass is 32.2. The summed E-state index contributed by atoms with van der Waals surface area (Å²) < 4.78 is 34.5. The maximum absolute atomic E-state index is 13.0. The number of amides is 1. The lowest BCUT2D eigenvalue weighted by Crippen LogP contribution is -2.40. The maximum Gasteiger partial charge on any atom is 0.243 e. The fourth-order valence-corrected chi connectivity index (χ4v) is 5.18. The molecule has 3 rings (SSSR count). The third kappa shape index (κ3) is 4.68. The smallest absolute Gasteiger partial charge is 0.243 e. The summed E-state index contributed by atoms with van der Waals surface area (Å²) in [7, 11) is -1.74. The summed E-state index contributed by atoms with van der Waals surface area (Å²) in [5.74, 6) is -0.161. The van der Waals surface area contributed by atoms with E-state index in [0.717, 1.165) is 17.0 Å². The van der Waals surface area contributed by atoms with Gasteiger partial charge in [-0.25, -0.2) is 8.42 Å². The Balaban J connectivity index is 1.71. The van der Waals surface area contributed by atoms with E-state index in [1.165, 1.54) is 4.31 Å². The van der Waals surface area contributed by atoms with E-state index in [0.29, 0.717) is 50.4 Å². The maximum atomic E-state index is 13.0. The average Bonchev–Trinajstić information content (AvgIpc) is 2.93. The normalized spacial score (nSPS) is 15.4. The van der Waals surface area contributed by atoms with Gasteiger partial charge in [0.1, 0.15) is 0 Å². The molecule has 1 aliphatic heterocycles. The van der Waals surface area contributed by atoms with Crippen LogP contribution in [0.4, 0.5) is 5.69 Å². The largest absolute Gasteiger partial charge is 0.379 e. The number of anilines is 1. The third-order valence-corrected chi connectivity index (χ3v) is 7.36. The van der Waals surface area contributed by atoms with Crippen LogP contribution in [0, 0.1) is 20.8 Å². The van der Waals surface area contributed by atoms with Crippen molar-refractivity contribution in [2.45, 2.75) is 38.5 Å². The van der Waals surface area contributed by atoms with Crippen molar-refractivity contribution in [2.24, 2.45) is 7.05 Å². The molecular formula is C20H28N4O4S. The van der Waals surface area contributed by atoms with Crippen LogP contribution in [0.3, 0.4) is 0 Å². The van der Waals surface area contributed by atoms with Gasteiger partial charge in [0.2, 0.25) is 15.9 Å². The van der Waals surface area contributed by atoms with Crippen molar-refractivity contribution in [3.05, 3.63) is 40.7 Å². The Morgan fingerprint density at radius 3 is 2.52 bits per heavy atom. The first-order chi connectivity index (χ1) is 13.7. The third-order valence-electron chi connectivity index (χ3n) is 5.32. The number of aryl methyl sites for hydroxylation is 3. The number of benzene rings is 1. The Morgan fingerprint density at radius 2 is 1.90 bits per heavy atom. The second kappa shape index (κ2) is 8.64. The number of hydrogen-bond acceptors (Lipinski definition) is 5. The first kappa shape index (κ1) is 21.5. The Kier molecular flexibility index (Phi) is 6.40. The minimum absolute atomic E-state index is 0.161. The molecule has 29 heavy (non-hydrogen) atoms. The van der Waals surface area contributed by atoms with Gasteiger partial charge in [-0.15, -0.1) is 0 Å². The molecule has 158 valence electrons. The molecule has 2 aromatic rings. The molecule has 0 aliphatic carbocycles. The molecule has 8 nitrogen and oxygen atoms in total. The Hall–Kier alpha value is -2.23. The minimum atomic E-state index is -3.62. The number of rotatable bonds is 6. The molecule has 0 spiro atoms. The molecule has 1 aromatic carbocycles. The topological polar surface area (TPSA) is 93.5 Å². The van der Waals surface area contributed by atoms with Crippen molar-refractivity contribution < 1.29 is 17.9 Å². The lowest BCUT2D eigenvalue weighted by atomic mass is 10.1. The van der Waals surface area contributed by atoms with Gasteiger partial charge in [-0.3, -0.25) is 9.48 Å². The number of nitrogens with zero attached hydrogens (tertiary/aromatic N) is 3. The van der Waals surface area contributed by atoms with E-state index in [2.05, 4.69) is 10.4 Å². The molecule has 1 fully saturated rings. The van der Waals surface area contributed by atoms with E-state index in [9.17, 15) is 13.2 Å². The van der Waals surface area contributed by atoms with Crippen molar-refractivity contribution in [3.63, 3.8) is 0 Å². The molecule has 9 heteroatoms. The van der Waals surface area contributed by atoms with Crippen LogP contribution in [0.2, 0.25) is 0 Å². The fraction of sp³-hybridized carbons (Fsp3) is 0.500. The van der Waals surface area contributed by atoms with Gasteiger partial charge in [0.15, 0.2) is 0 Å². The number of aromatic nitrogens is 2. The molecule has 0 bridgehead atoms. The summed E-state index contributed by atoms with van der Waals surface area (Å²) in [5.41, 5.74) is 4.17. The van der Waals surface area contributed by atoms with Crippen LogP contribution in [0.5, 0.6) is 0 Å². The molecule has 1 saturated heterocycles. The van der Waals surface area contributed by atoms with Crippen LogP contribution in [-0.4, -0.2) is 54.7 Å². The van der Waals surface area contributed by atoms with Crippen LogP contribution >= 0.6 is 0 Å². The van der Waals surface area contributed by atoms with Crippen molar-refractivity contribution >= 4 is 21.6 Å². The van der Waals surface area contributed by atoms with Crippen LogP contribution in [0.1, 0.15) is 28.9 Å². The van der Waals surface area contributed by atoms with Crippen LogP contribution in [0.25, 0.3) is 0 Å². The molecule has 0 unspecified atom stereocenters. The van der Waals surface area contributed by atoms with E-state index in [4.69, 9.17) is 4.74 Å². The van der Waals surface area contributed by atoms with Gasteiger partial charge < -0.3 is 10.1 Å². The highest BCUT2D eigenvalue weighted by Crippen LogP contribution is 2.24. The van der Waals surface area contributed by atoms with Gasteiger partial charge in [0.25, 0.3) is 0 Å². The predicted octanol–water partition coefficient (Wildman–Crippen LogP) is 1.94. The summed E-state index contributed by atoms with van der Waals surface area (Å²) in [5, 5.41) is 7.20. The highest BCUT2D eigenvalue weighted by molar-refractivity contribution is 7.89. The Labute approximate surface area is 171 Å². The fourth-order valence-electron chi connectivity index (χ4n) is 3.52. The molecule has 0 atom stereocenters. The minimum Gasteiger partial charge on any atom is -0.379 e. The predicted molar refractivity (Wildman–Crippen MR) is 110 cm³/mol. The highest BCUT2D eigenvalue weighted by Gasteiger charge is 2.28. The summed E-state index contributed by atoms with van der Waals surface area (Å²) >= 11 is 0. The SMILES string of the molecule is Cc1ccc(NC(=O)CCc2c(C)nn(C)c2C)cc1S(=O)(=O)N1CCOCC1. The van der Waals surface area contributed by atoms with Crippen molar-refractivity contribution in [2.75, 3.05) is 31.6 Å². The molecule has 0 saturated carbocycles. The number of carbonyl (C=O) groups excluding carboxylic acids is 1. The number of ether oxygens (including phenoxy) is 1. The lowest BCUT2D eigenvalue weighted by molar-refractivity contribution is -0.116. The molecule has 0 radical (unpaired) electrons. The lowest BCUT2D eigenvalue weighted by Gasteiger charge is -2.26. The molecule has 1 N–H and O–H groups in total. The van der Waals surface area contributed by atoms with E-state index in [1.807, 2.05) is 25.6 Å². The molecule has 1 aliphatic rings. The number of sulfonamides is 1. The molecule has 1 amide bonds. The second-order valence-electron chi connectivity index (χ2n) is 7.32. The standard InChI is InChI=1S/C20H28N4O4S/c1-14-5-6-17(13-19(14)29(26,27)24-9-11-28-12-10-24)21-20(25)8-7-18-15(2)22-23(4)16(18)3/h5-6,13H,7-12H2,1-4H3,(H,21,25). The number of hydrogen-bond donors (Lipinski definition) is 1. The summed E-state index contributed by atoms with van der Waals surface area (Å²) in [6.45, 7) is 7.12. The van der Waals surface area contributed by atoms with Crippen LogP contribution in [-0.2, 0) is 33.0 Å². The number of nitrogens with one attached hydrogen (secondary N) is 1. The second-order valence-corrected chi connectivity index (χ2v) is 9.22. The van der Waals surface area contributed by atoms with E-state index >= 15 is 0 Å².